The zero-order valence-corrected chi connectivity index (χ0v) is 12.5. The number of aliphatic hydroxyl groups is 1. The Bertz CT molecular complexity index is 467. The van der Waals surface area contributed by atoms with E-state index in [4.69, 9.17) is 9.47 Å². The van der Waals surface area contributed by atoms with Crippen LogP contribution in [0, 0.1) is 5.41 Å². The SMILES string of the molecule is CCOC1CC(O)(CNc2nccc(OC)n2)C1(C)C. The van der Waals surface area contributed by atoms with Gasteiger partial charge >= 0.3 is 0 Å². The third kappa shape index (κ3) is 2.58. The first-order chi connectivity index (χ1) is 9.43. The fourth-order valence-corrected chi connectivity index (χ4v) is 2.53. The quantitative estimate of drug-likeness (QED) is 0.822. The lowest BCUT2D eigenvalue weighted by atomic mass is 9.56. The molecule has 0 aromatic carbocycles. The highest BCUT2D eigenvalue weighted by molar-refractivity contribution is 5.29. The van der Waals surface area contributed by atoms with Crippen molar-refractivity contribution < 1.29 is 14.6 Å². The largest absolute Gasteiger partial charge is 0.481 e. The average Bonchev–Trinajstić information content (AvgIpc) is 2.45. The number of hydrogen-bond acceptors (Lipinski definition) is 6. The maximum atomic E-state index is 10.7. The van der Waals surface area contributed by atoms with Crippen LogP contribution in [0.15, 0.2) is 12.3 Å². The standard InChI is InChI=1S/C14H23N3O3/c1-5-20-10-8-14(18,13(10,2)3)9-16-12-15-7-6-11(17-12)19-4/h6-7,10,18H,5,8-9H2,1-4H3,(H,15,16,17). The third-order valence-corrected chi connectivity index (χ3v) is 4.27. The van der Waals surface area contributed by atoms with Crippen LogP contribution in [0.2, 0.25) is 0 Å². The summed E-state index contributed by atoms with van der Waals surface area (Å²) in [6.45, 7) is 7.05. The van der Waals surface area contributed by atoms with Gasteiger partial charge in [-0.3, -0.25) is 0 Å². The van der Waals surface area contributed by atoms with Crippen molar-refractivity contribution in [3.8, 4) is 5.88 Å². The van der Waals surface area contributed by atoms with Crippen molar-refractivity contribution in [2.45, 2.75) is 38.9 Å². The molecule has 6 heteroatoms. The zero-order chi connectivity index (χ0) is 14.8. The Morgan fingerprint density at radius 2 is 2.25 bits per heavy atom. The van der Waals surface area contributed by atoms with Gasteiger partial charge in [0, 0.05) is 37.3 Å². The summed E-state index contributed by atoms with van der Waals surface area (Å²) in [5.74, 6) is 0.947. The fourth-order valence-electron chi connectivity index (χ4n) is 2.53. The molecule has 1 aliphatic rings. The maximum absolute atomic E-state index is 10.7. The van der Waals surface area contributed by atoms with Crippen LogP contribution in [0.1, 0.15) is 27.2 Å². The van der Waals surface area contributed by atoms with Crippen molar-refractivity contribution in [1.82, 2.24) is 9.97 Å². The minimum Gasteiger partial charge on any atom is -0.481 e. The molecule has 0 saturated heterocycles. The second-order valence-electron chi connectivity index (χ2n) is 5.68. The van der Waals surface area contributed by atoms with E-state index in [9.17, 15) is 5.11 Å². The minimum atomic E-state index is -0.820. The number of anilines is 1. The Morgan fingerprint density at radius 3 is 2.85 bits per heavy atom. The van der Waals surface area contributed by atoms with Crippen molar-refractivity contribution in [2.24, 2.45) is 5.41 Å². The van der Waals surface area contributed by atoms with E-state index in [-0.39, 0.29) is 11.5 Å². The molecule has 0 amide bonds. The minimum absolute atomic E-state index is 0.0885. The van der Waals surface area contributed by atoms with Crippen LogP contribution < -0.4 is 10.1 Å². The first-order valence-electron chi connectivity index (χ1n) is 6.88. The lowest BCUT2D eigenvalue weighted by Crippen LogP contribution is -2.67. The molecule has 0 radical (unpaired) electrons. The lowest BCUT2D eigenvalue weighted by Gasteiger charge is -2.57. The van der Waals surface area contributed by atoms with E-state index in [0.29, 0.717) is 31.4 Å². The Balaban J connectivity index is 1.97. The summed E-state index contributed by atoms with van der Waals surface area (Å²) in [7, 11) is 1.56. The Hall–Kier alpha value is -1.40. The van der Waals surface area contributed by atoms with E-state index in [0.717, 1.165) is 0 Å². The molecule has 2 atom stereocenters. The van der Waals surface area contributed by atoms with Gasteiger partial charge in [-0.1, -0.05) is 13.8 Å². The molecule has 1 aliphatic carbocycles. The van der Waals surface area contributed by atoms with Crippen LogP contribution in [-0.2, 0) is 4.74 Å². The first kappa shape index (κ1) is 15.0. The van der Waals surface area contributed by atoms with Gasteiger partial charge in [0.1, 0.15) is 0 Å². The molecule has 1 aromatic heterocycles. The van der Waals surface area contributed by atoms with Crippen LogP contribution in [0.25, 0.3) is 0 Å². The van der Waals surface area contributed by atoms with Crippen LogP contribution in [0.5, 0.6) is 5.88 Å². The molecule has 1 heterocycles. The molecule has 20 heavy (non-hydrogen) atoms. The van der Waals surface area contributed by atoms with Gasteiger partial charge in [0.25, 0.3) is 0 Å². The van der Waals surface area contributed by atoms with Gasteiger partial charge in [-0.25, -0.2) is 4.98 Å². The fraction of sp³-hybridized carbons (Fsp3) is 0.714. The van der Waals surface area contributed by atoms with Crippen molar-refractivity contribution in [2.75, 3.05) is 25.6 Å². The van der Waals surface area contributed by atoms with E-state index in [1.807, 2.05) is 20.8 Å². The highest BCUT2D eigenvalue weighted by Crippen LogP contribution is 2.51. The molecule has 2 rings (SSSR count). The predicted molar refractivity (Wildman–Crippen MR) is 75.8 cm³/mol. The van der Waals surface area contributed by atoms with E-state index < -0.39 is 5.60 Å². The number of nitrogens with one attached hydrogen (secondary N) is 1. The molecule has 112 valence electrons. The monoisotopic (exact) mass is 281 g/mol. The number of hydrogen-bond donors (Lipinski definition) is 2. The zero-order valence-electron chi connectivity index (χ0n) is 12.5. The molecular weight excluding hydrogens is 258 g/mol. The van der Waals surface area contributed by atoms with Crippen molar-refractivity contribution in [1.29, 1.82) is 0 Å². The molecule has 1 fully saturated rings. The smallest absolute Gasteiger partial charge is 0.226 e. The van der Waals surface area contributed by atoms with Crippen LogP contribution >= 0.6 is 0 Å². The van der Waals surface area contributed by atoms with Gasteiger partial charge in [-0.2, -0.15) is 4.98 Å². The van der Waals surface area contributed by atoms with Crippen molar-refractivity contribution >= 4 is 5.95 Å². The summed E-state index contributed by atoms with van der Waals surface area (Å²) in [5.41, 5.74) is -1.12. The Labute approximate surface area is 119 Å². The summed E-state index contributed by atoms with van der Waals surface area (Å²) < 4.78 is 10.7. The average molecular weight is 281 g/mol. The van der Waals surface area contributed by atoms with E-state index in [2.05, 4.69) is 15.3 Å². The summed E-state index contributed by atoms with van der Waals surface area (Å²) in [4.78, 5) is 8.28. The number of ether oxygens (including phenoxy) is 2. The molecular formula is C14H23N3O3. The van der Waals surface area contributed by atoms with E-state index in [1.54, 1.807) is 19.4 Å². The third-order valence-electron chi connectivity index (χ3n) is 4.27. The molecule has 6 nitrogen and oxygen atoms in total. The lowest BCUT2D eigenvalue weighted by molar-refractivity contribution is -0.233. The van der Waals surface area contributed by atoms with Crippen LogP contribution in [-0.4, -0.2) is 47.0 Å². The summed E-state index contributed by atoms with van der Waals surface area (Å²) >= 11 is 0. The maximum Gasteiger partial charge on any atom is 0.226 e. The highest BCUT2D eigenvalue weighted by atomic mass is 16.5. The van der Waals surface area contributed by atoms with Crippen LogP contribution in [0.3, 0.4) is 0 Å². The molecule has 1 aromatic rings. The summed E-state index contributed by atoms with van der Waals surface area (Å²) in [5, 5.41) is 13.8. The Kier molecular flexibility index (Phi) is 4.15. The van der Waals surface area contributed by atoms with E-state index >= 15 is 0 Å². The normalized spacial score (nSPS) is 27.8. The number of rotatable bonds is 6. The molecule has 0 spiro atoms. The number of nitrogens with zero attached hydrogens (tertiary/aromatic N) is 2. The molecule has 2 unspecified atom stereocenters. The van der Waals surface area contributed by atoms with Gasteiger partial charge in [0.15, 0.2) is 0 Å². The Morgan fingerprint density at radius 1 is 1.50 bits per heavy atom. The highest BCUT2D eigenvalue weighted by Gasteiger charge is 2.59. The summed E-state index contributed by atoms with van der Waals surface area (Å²) in [6, 6.07) is 1.68. The van der Waals surface area contributed by atoms with Crippen molar-refractivity contribution in [3.63, 3.8) is 0 Å². The molecule has 1 saturated carbocycles. The second-order valence-corrected chi connectivity index (χ2v) is 5.68. The topological polar surface area (TPSA) is 76.5 Å². The molecule has 0 bridgehead atoms. The van der Waals surface area contributed by atoms with Gasteiger partial charge in [0.05, 0.1) is 18.8 Å². The van der Waals surface area contributed by atoms with Gasteiger partial charge in [0.2, 0.25) is 11.8 Å². The second kappa shape index (κ2) is 5.54. The van der Waals surface area contributed by atoms with E-state index in [1.165, 1.54) is 0 Å². The predicted octanol–water partition coefficient (Wildman–Crippen LogP) is 1.46. The van der Waals surface area contributed by atoms with Crippen molar-refractivity contribution in [3.05, 3.63) is 12.3 Å². The van der Waals surface area contributed by atoms with Gasteiger partial charge < -0.3 is 19.9 Å². The number of methoxy groups -OCH3 is 1. The molecule has 0 aliphatic heterocycles. The molecule has 2 N–H and O–H groups in total. The first-order valence-corrected chi connectivity index (χ1v) is 6.88. The van der Waals surface area contributed by atoms with Crippen LogP contribution in [0.4, 0.5) is 5.95 Å². The number of aromatic nitrogens is 2. The van der Waals surface area contributed by atoms with Gasteiger partial charge in [-0.15, -0.1) is 0 Å². The summed E-state index contributed by atoms with van der Waals surface area (Å²) in [6.07, 6.45) is 2.32. The van der Waals surface area contributed by atoms with Gasteiger partial charge in [-0.05, 0) is 6.92 Å².